The number of piperidine rings is 1. The quantitative estimate of drug-likeness (QED) is 0.630. The van der Waals surface area contributed by atoms with Crippen LogP contribution in [0.1, 0.15) is 38.2 Å². The second kappa shape index (κ2) is 8.10. The summed E-state index contributed by atoms with van der Waals surface area (Å²) in [5, 5.41) is 0.567. The number of rotatable bonds is 3. The van der Waals surface area contributed by atoms with E-state index >= 15 is 8.78 Å². The molecule has 5 nitrogen and oxygen atoms in total. The molecule has 1 aromatic carbocycles. The summed E-state index contributed by atoms with van der Waals surface area (Å²) < 4.78 is 36.4. The zero-order valence-corrected chi connectivity index (χ0v) is 19.2. The summed E-state index contributed by atoms with van der Waals surface area (Å²) in [6, 6.07) is 7.38. The number of carbonyl (C=O) groups excluding carboxylic acids is 2. The van der Waals surface area contributed by atoms with E-state index in [9.17, 15) is 9.59 Å². The van der Waals surface area contributed by atoms with Gasteiger partial charge in [0, 0.05) is 30.6 Å². The molecule has 1 spiro atoms. The van der Waals surface area contributed by atoms with E-state index in [0.717, 1.165) is 11.6 Å². The maximum absolute atomic E-state index is 15.2. The van der Waals surface area contributed by atoms with Crippen molar-refractivity contribution >= 4 is 23.4 Å². The molecule has 3 fully saturated rings. The smallest absolute Gasteiger partial charge is 0.274 e. The number of halogens is 3. The minimum Gasteiger partial charge on any atom is -0.375 e. The average Bonchev–Trinajstić information content (AvgIpc) is 2.70. The van der Waals surface area contributed by atoms with Crippen molar-refractivity contribution < 1.29 is 23.1 Å². The first-order valence-electron chi connectivity index (χ1n) is 10.9. The first-order chi connectivity index (χ1) is 15.0. The van der Waals surface area contributed by atoms with Crippen LogP contribution in [0.4, 0.5) is 8.78 Å². The molecule has 0 saturated carbocycles. The van der Waals surface area contributed by atoms with Gasteiger partial charge in [0.15, 0.2) is 0 Å². The molecular formula is C24H29ClF2N2O3. The Balaban J connectivity index is 1.52. The normalized spacial score (nSPS) is 28.2. The lowest BCUT2D eigenvalue weighted by Gasteiger charge is -2.57. The van der Waals surface area contributed by atoms with Crippen LogP contribution in [-0.2, 0) is 14.3 Å². The summed E-state index contributed by atoms with van der Waals surface area (Å²) in [7, 11) is 0. The molecule has 0 aliphatic carbocycles. The van der Waals surface area contributed by atoms with E-state index in [2.05, 4.69) is 6.58 Å². The highest BCUT2D eigenvalue weighted by Gasteiger charge is 2.64. The lowest BCUT2D eigenvalue weighted by atomic mass is 9.68. The number of hydrogen-bond acceptors (Lipinski definition) is 3. The molecule has 3 aliphatic heterocycles. The second-order valence-corrected chi connectivity index (χ2v) is 10.3. The summed E-state index contributed by atoms with van der Waals surface area (Å²) in [5.41, 5.74) is -0.860. The number of amides is 2. The molecule has 3 aliphatic rings. The molecule has 0 aromatic heterocycles. The van der Waals surface area contributed by atoms with Crippen molar-refractivity contribution in [3.63, 3.8) is 0 Å². The Morgan fingerprint density at radius 2 is 1.88 bits per heavy atom. The van der Waals surface area contributed by atoms with Crippen LogP contribution in [0.5, 0.6) is 0 Å². The largest absolute Gasteiger partial charge is 0.375 e. The fraction of sp³-hybridized carbons (Fsp3) is 0.583. The molecule has 0 bridgehead atoms. The van der Waals surface area contributed by atoms with E-state index in [1.807, 2.05) is 32.0 Å². The number of nitrogens with zero attached hydrogens (tertiary/aromatic N) is 2. The van der Waals surface area contributed by atoms with Crippen LogP contribution in [0.2, 0.25) is 5.02 Å². The van der Waals surface area contributed by atoms with Crippen molar-refractivity contribution in [2.45, 2.75) is 44.1 Å². The third kappa shape index (κ3) is 3.94. The zero-order chi connectivity index (χ0) is 23.3. The zero-order valence-electron chi connectivity index (χ0n) is 18.5. The lowest BCUT2D eigenvalue weighted by Crippen LogP contribution is -2.71. The molecular weight excluding hydrogens is 438 g/mol. The van der Waals surface area contributed by atoms with Crippen LogP contribution in [0, 0.1) is 11.3 Å². The van der Waals surface area contributed by atoms with E-state index in [1.165, 1.54) is 9.80 Å². The molecule has 2 amide bonds. The van der Waals surface area contributed by atoms with Crippen LogP contribution in [0.15, 0.2) is 36.9 Å². The summed E-state index contributed by atoms with van der Waals surface area (Å²) in [6.07, 6.45) is 1.87. The van der Waals surface area contributed by atoms with Gasteiger partial charge in [0.2, 0.25) is 11.8 Å². The fourth-order valence-corrected chi connectivity index (χ4v) is 5.58. The standard InChI is InChI=1S/C24H29ClF2N2O3/c1-4-20(30)29-13-23(14-29)9-10-28(15-24(23,26)27)21(31)18-12-32-22(2,3)11-17(18)16-7-5-6-8-19(16)25/h4-8,17-18H,1,9-15H2,2-3H3/t17-,18-/m1/s1. The van der Waals surface area contributed by atoms with Gasteiger partial charge in [-0.25, -0.2) is 8.78 Å². The molecule has 1 aromatic rings. The molecule has 4 rings (SSSR count). The number of carbonyl (C=O) groups is 2. The predicted octanol–water partition coefficient (Wildman–Crippen LogP) is 4.12. The van der Waals surface area contributed by atoms with Gasteiger partial charge in [-0.05, 0) is 44.4 Å². The van der Waals surface area contributed by atoms with Gasteiger partial charge in [0.05, 0.1) is 30.1 Å². The highest BCUT2D eigenvalue weighted by molar-refractivity contribution is 6.31. The Hall–Kier alpha value is -1.99. The first-order valence-corrected chi connectivity index (χ1v) is 11.3. The van der Waals surface area contributed by atoms with Crippen molar-refractivity contribution in [2.24, 2.45) is 11.3 Å². The van der Waals surface area contributed by atoms with Crippen LogP contribution >= 0.6 is 11.6 Å². The third-order valence-electron chi connectivity index (χ3n) is 7.28. The average molecular weight is 467 g/mol. The van der Waals surface area contributed by atoms with Crippen LogP contribution in [0.3, 0.4) is 0 Å². The molecule has 8 heteroatoms. The second-order valence-electron chi connectivity index (χ2n) is 9.90. The van der Waals surface area contributed by atoms with Gasteiger partial charge in [-0.3, -0.25) is 9.59 Å². The SMILES string of the molecule is C=CC(=O)N1CC2(CCN(C(=O)[C@@H]3COC(C)(C)C[C@@H]3c3ccccc3Cl)CC2(F)F)C1. The number of likely N-dealkylation sites (tertiary alicyclic amines) is 2. The third-order valence-corrected chi connectivity index (χ3v) is 7.63. The van der Waals surface area contributed by atoms with Gasteiger partial charge < -0.3 is 14.5 Å². The number of benzene rings is 1. The van der Waals surface area contributed by atoms with E-state index in [4.69, 9.17) is 16.3 Å². The van der Waals surface area contributed by atoms with Gasteiger partial charge in [0.25, 0.3) is 5.92 Å². The monoisotopic (exact) mass is 466 g/mol. The maximum atomic E-state index is 15.2. The van der Waals surface area contributed by atoms with Gasteiger partial charge in [-0.15, -0.1) is 0 Å². The van der Waals surface area contributed by atoms with E-state index in [-0.39, 0.29) is 50.4 Å². The molecule has 0 radical (unpaired) electrons. The van der Waals surface area contributed by atoms with Gasteiger partial charge in [-0.1, -0.05) is 36.4 Å². The van der Waals surface area contributed by atoms with Crippen molar-refractivity contribution in [1.82, 2.24) is 9.80 Å². The minimum atomic E-state index is -3.08. The van der Waals surface area contributed by atoms with Crippen LogP contribution < -0.4 is 0 Å². The Morgan fingerprint density at radius 1 is 1.19 bits per heavy atom. The summed E-state index contributed by atoms with van der Waals surface area (Å²) >= 11 is 6.44. The van der Waals surface area contributed by atoms with Gasteiger partial charge in [0.1, 0.15) is 0 Å². The van der Waals surface area contributed by atoms with Crippen LogP contribution in [-0.4, -0.2) is 65.9 Å². The number of hydrogen-bond donors (Lipinski definition) is 0. The van der Waals surface area contributed by atoms with Crippen molar-refractivity contribution in [3.05, 3.63) is 47.5 Å². The van der Waals surface area contributed by atoms with Gasteiger partial charge in [-0.2, -0.15) is 0 Å². The highest BCUT2D eigenvalue weighted by atomic mass is 35.5. The number of alkyl halides is 2. The topological polar surface area (TPSA) is 49.9 Å². The van der Waals surface area contributed by atoms with Crippen molar-refractivity contribution in [1.29, 1.82) is 0 Å². The summed E-state index contributed by atoms with van der Waals surface area (Å²) in [5.74, 6) is -4.53. The van der Waals surface area contributed by atoms with Crippen molar-refractivity contribution in [3.8, 4) is 0 Å². The Kier molecular flexibility index (Phi) is 5.87. The molecule has 2 atom stereocenters. The van der Waals surface area contributed by atoms with E-state index < -0.39 is 29.4 Å². The van der Waals surface area contributed by atoms with Crippen molar-refractivity contribution in [2.75, 3.05) is 32.8 Å². The fourth-order valence-electron chi connectivity index (χ4n) is 5.31. The summed E-state index contributed by atoms with van der Waals surface area (Å²) in [4.78, 5) is 27.9. The predicted molar refractivity (Wildman–Crippen MR) is 118 cm³/mol. The number of ether oxygens (including phenoxy) is 1. The van der Waals surface area contributed by atoms with E-state index in [1.54, 1.807) is 6.07 Å². The lowest BCUT2D eigenvalue weighted by molar-refractivity contribution is -0.224. The Labute approximate surface area is 192 Å². The maximum Gasteiger partial charge on any atom is 0.274 e. The molecule has 0 N–H and O–H groups in total. The minimum absolute atomic E-state index is 0.00411. The Morgan fingerprint density at radius 3 is 2.50 bits per heavy atom. The molecule has 174 valence electrons. The molecule has 32 heavy (non-hydrogen) atoms. The first kappa shape index (κ1) is 23.2. The van der Waals surface area contributed by atoms with Crippen LogP contribution in [0.25, 0.3) is 0 Å². The van der Waals surface area contributed by atoms with Gasteiger partial charge >= 0.3 is 0 Å². The molecule has 3 saturated heterocycles. The highest BCUT2D eigenvalue weighted by Crippen LogP contribution is 2.51. The molecule has 0 unspecified atom stereocenters. The summed E-state index contributed by atoms with van der Waals surface area (Å²) in [6.45, 7) is 7.09. The molecule has 3 heterocycles. The Bertz CT molecular complexity index is 930. The van der Waals surface area contributed by atoms with E-state index in [0.29, 0.717) is 11.4 Å².